The maximum Gasteiger partial charge on any atom is 0.264 e. The quantitative estimate of drug-likeness (QED) is 0.0553. The second-order valence-corrected chi connectivity index (χ2v) is 16.5. The molecule has 2 unspecified atom stereocenters. The van der Waals surface area contributed by atoms with Crippen LogP contribution in [0.15, 0.2) is 91.3 Å². The summed E-state index contributed by atoms with van der Waals surface area (Å²) < 4.78 is 23.1. The number of fused-ring (bicyclic) bond motifs is 2. The zero-order valence-corrected chi connectivity index (χ0v) is 36.0. The molecule has 6 aromatic rings. The molecule has 18 heteroatoms. The fraction of sp³-hybridized carbons (Fsp3) is 0.271. The van der Waals surface area contributed by atoms with Crippen molar-refractivity contribution >= 4 is 63.4 Å². The maximum atomic E-state index is 15.8. The second-order valence-electron chi connectivity index (χ2n) is 16.5. The van der Waals surface area contributed by atoms with Crippen LogP contribution in [-0.4, -0.2) is 86.1 Å². The van der Waals surface area contributed by atoms with Crippen LogP contribution >= 0.6 is 0 Å². The Balaban J connectivity index is 0.813. The van der Waals surface area contributed by atoms with E-state index in [1.165, 1.54) is 25.3 Å². The third kappa shape index (κ3) is 8.76. The molecule has 2 aliphatic heterocycles. The molecule has 17 nitrogen and oxygen atoms in total. The highest BCUT2D eigenvalue weighted by Crippen LogP contribution is 2.39. The summed E-state index contributed by atoms with van der Waals surface area (Å²) in [6, 6.07) is 20.9. The van der Waals surface area contributed by atoms with Crippen LogP contribution < -0.4 is 31.3 Å². The van der Waals surface area contributed by atoms with Crippen molar-refractivity contribution in [3.05, 3.63) is 125 Å². The zero-order valence-electron chi connectivity index (χ0n) is 36.0. The van der Waals surface area contributed by atoms with E-state index in [1.54, 1.807) is 41.3 Å². The van der Waals surface area contributed by atoms with Crippen molar-refractivity contribution in [2.24, 2.45) is 0 Å². The van der Waals surface area contributed by atoms with Gasteiger partial charge in [0.2, 0.25) is 11.8 Å². The van der Waals surface area contributed by atoms with E-state index < -0.39 is 47.4 Å². The van der Waals surface area contributed by atoms with Gasteiger partial charge >= 0.3 is 0 Å². The van der Waals surface area contributed by atoms with Crippen molar-refractivity contribution in [1.29, 1.82) is 0 Å². The predicted molar refractivity (Wildman–Crippen MR) is 241 cm³/mol. The molecule has 0 radical (unpaired) electrons. The van der Waals surface area contributed by atoms with Gasteiger partial charge in [-0.1, -0.05) is 35.5 Å². The van der Waals surface area contributed by atoms with Crippen LogP contribution in [0.5, 0.6) is 5.75 Å². The van der Waals surface area contributed by atoms with E-state index in [4.69, 9.17) is 4.74 Å². The summed E-state index contributed by atoms with van der Waals surface area (Å²) in [5, 5.41) is 23.8. The van der Waals surface area contributed by atoms with E-state index in [-0.39, 0.29) is 48.0 Å². The summed E-state index contributed by atoms with van der Waals surface area (Å²) in [5.41, 5.74) is 4.42. The molecule has 9 rings (SSSR count). The molecular weight excluding hydrogens is 848 g/mol. The van der Waals surface area contributed by atoms with Gasteiger partial charge in [-0.3, -0.25) is 48.6 Å². The van der Waals surface area contributed by atoms with E-state index >= 15 is 4.39 Å². The lowest BCUT2D eigenvalue weighted by Crippen LogP contribution is -2.54. The summed E-state index contributed by atoms with van der Waals surface area (Å²) >= 11 is 0. The minimum absolute atomic E-state index is 0.0242. The molecule has 6 amide bonds. The second kappa shape index (κ2) is 18.2. The number of carbonyl (C=O) groups excluding carboxylic acids is 6. The number of rotatable bonds is 16. The van der Waals surface area contributed by atoms with Crippen molar-refractivity contribution in [3.8, 4) is 16.9 Å². The molecule has 3 aliphatic rings. The SMILES string of the molecule is COc1cc2ncc(C(=O)NC3CC3)c(Nc3ccccc3)c2cc1-c1ccc(C(=O)NCCCCn2cc(C(C)Nc3cccc4c3C(=O)N(C3CCC(=O)NC3=O)C4=O)nn2)c(F)c1. The smallest absolute Gasteiger partial charge is 0.264 e. The molecule has 66 heavy (non-hydrogen) atoms. The number of amides is 6. The van der Waals surface area contributed by atoms with Crippen LogP contribution in [-0.2, 0) is 16.1 Å². The summed E-state index contributed by atoms with van der Waals surface area (Å²) in [4.78, 5) is 83.0. The lowest BCUT2D eigenvalue weighted by molar-refractivity contribution is -0.136. The molecule has 336 valence electrons. The first-order chi connectivity index (χ1) is 32.0. The number of ether oxygens (including phenoxy) is 1. The Hall–Kier alpha value is -8.02. The van der Waals surface area contributed by atoms with Crippen LogP contribution in [0.25, 0.3) is 22.0 Å². The number of unbranched alkanes of at least 4 members (excludes halogenated alkanes) is 1. The van der Waals surface area contributed by atoms with Gasteiger partial charge in [0.15, 0.2) is 0 Å². The number of carbonyl (C=O) groups is 6. The highest BCUT2D eigenvalue weighted by Gasteiger charge is 2.45. The number of pyridine rings is 1. The number of halogens is 1. The van der Waals surface area contributed by atoms with Crippen molar-refractivity contribution < 1.29 is 37.9 Å². The fourth-order valence-corrected chi connectivity index (χ4v) is 8.20. The Morgan fingerprint density at radius 2 is 1.73 bits per heavy atom. The molecule has 4 heterocycles. The van der Waals surface area contributed by atoms with Gasteiger partial charge in [-0.05, 0) is 87.1 Å². The van der Waals surface area contributed by atoms with Gasteiger partial charge < -0.3 is 26.0 Å². The van der Waals surface area contributed by atoms with Gasteiger partial charge in [0.05, 0.1) is 52.8 Å². The van der Waals surface area contributed by atoms with Crippen LogP contribution in [0.2, 0.25) is 0 Å². The first-order valence-corrected chi connectivity index (χ1v) is 21.7. The number of nitrogens with zero attached hydrogens (tertiary/aromatic N) is 5. The summed E-state index contributed by atoms with van der Waals surface area (Å²) in [7, 11) is 1.51. The largest absolute Gasteiger partial charge is 0.496 e. The van der Waals surface area contributed by atoms with Crippen molar-refractivity contribution in [2.45, 2.75) is 70.1 Å². The van der Waals surface area contributed by atoms with Gasteiger partial charge in [0, 0.05) is 60.1 Å². The fourth-order valence-electron chi connectivity index (χ4n) is 8.20. The molecule has 0 bridgehead atoms. The molecule has 4 aromatic carbocycles. The van der Waals surface area contributed by atoms with Crippen LogP contribution in [0.4, 0.5) is 21.5 Å². The number of anilines is 3. The molecule has 2 fully saturated rings. The Labute approximate surface area is 377 Å². The molecule has 2 atom stereocenters. The number of imide groups is 2. The van der Waals surface area contributed by atoms with Gasteiger partial charge in [0.25, 0.3) is 23.6 Å². The molecule has 1 saturated carbocycles. The van der Waals surface area contributed by atoms with Crippen LogP contribution in [0, 0.1) is 5.82 Å². The lowest BCUT2D eigenvalue weighted by atomic mass is 9.98. The predicted octanol–water partition coefficient (Wildman–Crippen LogP) is 6.06. The van der Waals surface area contributed by atoms with Crippen molar-refractivity contribution in [1.82, 2.24) is 40.8 Å². The molecule has 1 aliphatic carbocycles. The van der Waals surface area contributed by atoms with Gasteiger partial charge in [-0.2, -0.15) is 0 Å². The monoisotopic (exact) mass is 892 g/mol. The average molecular weight is 893 g/mol. The highest BCUT2D eigenvalue weighted by atomic mass is 19.1. The zero-order chi connectivity index (χ0) is 46.1. The molecular formula is C48H45FN10O7. The number of aromatic nitrogens is 4. The number of nitrogens with one attached hydrogen (secondary N) is 5. The van der Waals surface area contributed by atoms with Gasteiger partial charge in [0.1, 0.15) is 23.3 Å². The number of benzene rings is 4. The normalized spacial score (nSPS) is 16.2. The Morgan fingerprint density at radius 3 is 2.48 bits per heavy atom. The molecule has 2 aromatic heterocycles. The number of para-hydroxylation sites is 1. The van der Waals surface area contributed by atoms with Crippen LogP contribution in [0.1, 0.15) is 98.6 Å². The van der Waals surface area contributed by atoms with E-state index in [9.17, 15) is 28.8 Å². The van der Waals surface area contributed by atoms with E-state index in [2.05, 4.69) is 41.9 Å². The number of methoxy groups -OCH3 is 1. The minimum atomic E-state index is -1.07. The lowest BCUT2D eigenvalue weighted by Gasteiger charge is -2.27. The van der Waals surface area contributed by atoms with E-state index in [0.29, 0.717) is 69.8 Å². The molecule has 1 saturated heterocycles. The number of piperidine rings is 1. The number of aryl methyl sites for hydroxylation is 1. The summed E-state index contributed by atoms with van der Waals surface area (Å²) in [6.07, 6.45) is 6.41. The Bertz CT molecular complexity index is 2940. The number of hydrogen-bond donors (Lipinski definition) is 5. The Kier molecular flexibility index (Phi) is 11.9. The Morgan fingerprint density at radius 1 is 0.909 bits per heavy atom. The maximum absolute atomic E-state index is 15.8. The third-order valence-corrected chi connectivity index (χ3v) is 11.9. The highest BCUT2D eigenvalue weighted by molar-refractivity contribution is 6.25. The van der Waals surface area contributed by atoms with Gasteiger partial charge in [-0.15, -0.1) is 5.10 Å². The molecule has 5 N–H and O–H groups in total. The minimum Gasteiger partial charge on any atom is -0.496 e. The first-order valence-electron chi connectivity index (χ1n) is 21.7. The molecule has 0 spiro atoms. The summed E-state index contributed by atoms with van der Waals surface area (Å²) in [5.74, 6) is -3.43. The van der Waals surface area contributed by atoms with Crippen LogP contribution in [0.3, 0.4) is 0 Å². The van der Waals surface area contributed by atoms with Gasteiger partial charge in [-0.25, -0.2) is 4.39 Å². The summed E-state index contributed by atoms with van der Waals surface area (Å²) in [6.45, 7) is 2.59. The van der Waals surface area contributed by atoms with Crippen molar-refractivity contribution in [2.75, 3.05) is 24.3 Å². The average Bonchev–Trinajstić information content (AvgIpc) is 3.93. The third-order valence-electron chi connectivity index (χ3n) is 11.9. The van der Waals surface area contributed by atoms with E-state index in [0.717, 1.165) is 23.4 Å². The van der Waals surface area contributed by atoms with E-state index in [1.807, 2.05) is 43.3 Å². The van der Waals surface area contributed by atoms with Crippen molar-refractivity contribution in [3.63, 3.8) is 0 Å². The number of hydrogen-bond acceptors (Lipinski definition) is 12. The standard InChI is InChI=1S/C48H45FN10O7/c1-26(52-36-12-8-11-31-42(36)48(65)59(47(31)64)39-17-18-41(60)55-46(39)63)38-25-58(57-56-38)20-7-6-19-50-44(61)30-16-13-27(21-35(30)49)32-22-33-37(23-40(32)66-2)51-24-34(45(62)54-29-14-15-29)43(33)53-28-9-4-3-5-10-28/h3-5,8-13,16,21-26,29,39,52H,6-7,14-15,17-20H2,1-2H3,(H,50,61)(H,51,53)(H,54,62)(H,55,60,63). The first kappa shape index (κ1) is 43.2. The topological polar surface area (TPSA) is 219 Å².